The Labute approximate surface area is 140 Å². The average Bonchev–Trinajstić information content (AvgIpc) is 2.53. The van der Waals surface area contributed by atoms with E-state index in [4.69, 9.17) is 9.47 Å². The summed E-state index contributed by atoms with van der Waals surface area (Å²) in [5, 5.41) is 11.7. The molecule has 6 heteroatoms. The lowest BCUT2D eigenvalue weighted by molar-refractivity contribution is -0.384. The summed E-state index contributed by atoms with van der Waals surface area (Å²) in [5.74, 6) is 0. The van der Waals surface area contributed by atoms with Gasteiger partial charge in [-0.3, -0.25) is 10.1 Å². The third-order valence-corrected chi connectivity index (χ3v) is 3.75. The van der Waals surface area contributed by atoms with Gasteiger partial charge in [0.2, 0.25) is 0 Å². The summed E-state index contributed by atoms with van der Waals surface area (Å²) >= 11 is 3.42. The van der Waals surface area contributed by atoms with E-state index in [0.29, 0.717) is 19.8 Å². The average molecular weight is 374 g/mol. The molecule has 124 valence electrons. The molecule has 0 atom stereocenters. The van der Waals surface area contributed by atoms with Gasteiger partial charge in [-0.15, -0.1) is 0 Å². The second-order valence-electron chi connectivity index (χ2n) is 5.05. The van der Waals surface area contributed by atoms with E-state index in [1.54, 1.807) is 6.07 Å². The van der Waals surface area contributed by atoms with E-state index in [2.05, 4.69) is 15.9 Å². The van der Waals surface area contributed by atoms with Crippen molar-refractivity contribution in [3.05, 3.63) is 39.9 Å². The van der Waals surface area contributed by atoms with Gasteiger partial charge in [0.1, 0.15) is 0 Å². The van der Waals surface area contributed by atoms with Gasteiger partial charge in [0.25, 0.3) is 5.69 Å². The number of rotatable bonds is 13. The van der Waals surface area contributed by atoms with Crippen LogP contribution in [0.1, 0.15) is 37.7 Å². The minimum absolute atomic E-state index is 0.0947. The highest BCUT2D eigenvalue weighted by molar-refractivity contribution is 9.09. The Morgan fingerprint density at radius 3 is 2.50 bits per heavy atom. The van der Waals surface area contributed by atoms with Crippen LogP contribution in [-0.4, -0.2) is 30.1 Å². The highest BCUT2D eigenvalue weighted by atomic mass is 79.9. The van der Waals surface area contributed by atoms with E-state index in [0.717, 1.165) is 23.9 Å². The summed E-state index contributed by atoms with van der Waals surface area (Å²) in [6.07, 6.45) is 6.08. The zero-order valence-electron chi connectivity index (χ0n) is 12.8. The first-order valence-electron chi connectivity index (χ1n) is 7.69. The number of nitro groups is 1. The molecule has 0 spiro atoms. The van der Waals surface area contributed by atoms with Gasteiger partial charge in [0, 0.05) is 24.1 Å². The van der Waals surface area contributed by atoms with Crippen LogP contribution in [0.3, 0.4) is 0 Å². The number of benzene rings is 1. The second-order valence-corrected chi connectivity index (χ2v) is 5.84. The molecular formula is C16H24BrNO4. The van der Waals surface area contributed by atoms with Gasteiger partial charge in [-0.25, -0.2) is 0 Å². The molecule has 0 aromatic heterocycles. The Balaban J connectivity index is 1.97. The van der Waals surface area contributed by atoms with Crippen LogP contribution in [0.5, 0.6) is 0 Å². The topological polar surface area (TPSA) is 61.6 Å². The SMILES string of the molecule is O=[N+]([O-])c1cccc(COCCOCCCCCCCBr)c1. The highest BCUT2D eigenvalue weighted by Gasteiger charge is 2.05. The van der Waals surface area contributed by atoms with Gasteiger partial charge >= 0.3 is 0 Å². The van der Waals surface area contributed by atoms with E-state index in [-0.39, 0.29) is 5.69 Å². The summed E-state index contributed by atoms with van der Waals surface area (Å²) < 4.78 is 11.0. The molecule has 1 aromatic rings. The summed E-state index contributed by atoms with van der Waals surface area (Å²) in [6.45, 7) is 2.22. The smallest absolute Gasteiger partial charge is 0.269 e. The fourth-order valence-electron chi connectivity index (χ4n) is 2.00. The molecule has 0 amide bonds. The second kappa shape index (κ2) is 12.6. The Kier molecular flexibility index (Phi) is 10.9. The molecule has 5 nitrogen and oxygen atoms in total. The molecule has 0 unspecified atom stereocenters. The van der Waals surface area contributed by atoms with Crippen LogP contribution in [-0.2, 0) is 16.1 Å². The minimum atomic E-state index is -0.398. The number of ether oxygens (including phenoxy) is 2. The van der Waals surface area contributed by atoms with Gasteiger partial charge in [-0.05, 0) is 18.4 Å². The molecule has 0 aliphatic rings. The monoisotopic (exact) mass is 373 g/mol. The Bertz CT molecular complexity index is 428. The summed E-state index contributed by atoms with van der Waals surface area (Å²) in [4.78, 5) is 10.3. The maximum absolute atomic E-state index is 10.7. The van der Waals surface area contributed by atoms with Gasteiger partial charge in [0.15, 0.2) is 0 Å². The lowest BCUT2D eigenvalue weighted by atomic mass is 10.2. The summed E-state index contributed by atoms with van der Waals surface area (Å²) in [5.41, 5.74) is 0.901. The minimum Gasteiger partial charge on any atom is -0.379 e. The molecule has 1 aromatic carbocycles. The van der Waals surface area contributed by atoms with Gasteiger partial charge in [-0.2, -0.15) is 0 Å². The summed E-state index contributed by atoms with van der Waals surface area (Å²) in [7, 11) is 0. The van der Waals surface area contributed by atoms with E-state index < -0.39 is 4.92 Å². The third kappa shape index (κ3) is 9.12. The van der Waals surface area contributed by atoms with Crippen molar-refractivity contribution in [3.63, 3.8) is 0 Å². The zero-order valence-corrected chi connectivity index (χ0v) is 14.4. The molecular weight excluding hydrogens is 350 g/mol. The largest absolute Gasteiger partial charge is 0.379 e. The van der Waals surface area contributed by atoms with Crippen molar-refractivity contribution in [3.8, 4) is 0 Å². The van der Waals surface area contributed by atoms with Crippen LogP contribution >= 0.6 is 15.9 Å². The molecule has 0 aliphatic carbocycles. The van der Waals surface area contributed by atoms with Crippen LogP contribution in [0, 0.1) is 10.1 Å². The standard InChI is InChI=1S/C16H24BrNO4/c17-9-4-2-1-3-5-10-21-11-12-22-14-15-7-6-8-16(13-15)18(19)20/h6-8,13H,1-5,9-12,14H2. The lowest BCUT2D eigenvalue weighted by Gasteiger charge is -2.06. The number of nitro benzene ring substituents is 1. The number of alkyl halides is 1. The van der Waals surface area contributed by atoms with Crippen molar-refractivity contribution >= 4 is 21.6 Å². The molecule has 0 bridgehead atoms. The van der Waals surface area contributed by atoms with Crippen LogP contribution in [0.4, 0.5) is 5.69 Å². The summed E-state index contributed by atoms with van der Waals surface area (Å²) in [6, 6.07) is 6.50. The van der Waals surface area contributed by atoms with E-state index in [1.165, 1.54) is 37.8 Å². The Hall–Kier alpha value is -0.980. The number of halogens is 1. The van der Waals surface area contributed by atoms with Crippen molar-refractivity contribution < 1.29 is 14.4 Å². The third-order valence-electron chi connectivity index (χ3n) is 3.18. The molecule has 0 radical (unpaired) electrons. The number of hydrogen-bond acceptors (Lipinski definition) is 4. The fraction of sp³-hybridized carbons (Fsp3) is 0.625. The normalized spacial score (nSPS) is 10.8. The fourth-order valence-corrected chi connectivity index (χ4v) is 2.40. The predicted octanol–water partition coefficient (Wildman–Crippen LogP) is 4.47. The zero-order chi connectivity index (χ0) is 16.0. The lowest BCUT2D eigenvalue weighted by Crippen LogP contribution is -2.05. The van der Waals surface area contributed by atoms with Gasteiger partial charge in [-0.1, -0.05) is 47.3 Å². The van der Waals surface area contributed by atoms with Crippen LogP contribution in [0.2, 0.25) is 0 Å². The van der Waals surface area contributed by atoms with Crippen molar-refractivity contribution in [1.29, 1.82) is 0 Å². The first-order valence-corrected chi connectivity index (χ1v) is 8.81. The maximum atomic E-state index is 10.7. The van der Waals surface area contributed by atoms with E-state index in [9.17, 15) is 10.1 Å². The van der Waals surface area contributed by atoms with Crippen molar-refractivity contribution in [1.82, 2.24) is 0 Å². The van der Waals surface area contributed by atoms with Crippen molar-refractivity contribution in [2.24, 2.45) is 0 Å². The number of non-ortho nitro benzene ring substituents is 1. The molecule has 22 heavy (non-hydrogen) atoms. The number of nitrogens with zero attached hydrogens (tertiary/aromatic N) is 1. The highest BCUT2D eigenvalue weighted by Crippen LogP contribution is 2.13. The molecule has 0 saturated heterocycles. The molecule has 0 heterocycles. The molecule has 0 fully saturated rings. The van der Waals surface area contributed by atoms with E-state index in [1.807, 2.05) is 6.07 Å². The Morgan fingerprint density at radius 1 is 1.00 bits per heavy atom. The predicted molar refractivity (Wildman–Crippen MR) is 90.5 cm³/mol. The quantitative estimate of drug-likeness (QED) is 0.221. The van der Waals surface area contributed by atoms with Crippen molar-refractivity contribution in [2.75, 3.05) is 25.2 Å². The number of unbranched alkanes of at least 4 members (excludes halogenated alkanes) is 4. The van der Waals surface area contributed by atoms with Gasteiger partial charge in [0.05, 0.1) is 24.7 Å². The molecule has 0 N–H and O–H groups in total. The van der Waals surface area contributed by atoms with Crippen LogP contribution in [0.15, 0.2) is 24.3 Å². The van der Waals surface area contributed by atoms with Crippen molar-refractivity contribution in [2.45, 2.75) is 38.7 Å². The molecule has 0 aliphatic heterocycles. The van der Waals surface area contributed by atoms with Gasteiger partial charge < -0.3 is 9.47 Å². The van der Waals surface area contributed by atoms with E-state index >= 15 is 0 Å². The first kappa shape index (κ1) is 19.1. The molecule has 1 rings (SSSR count). The van der Waals surface area contributed by atoms with Crippen LogP contribution < -0.4 is 0 Å². The Morgan fingerprint density at radius 2 is 1.73 bits per heavy atom. The maximum Gasteiger partial charge on any atom is 0.269 e. The molecule has 0 saturated carbocycles. The first-order chi connectivity index (χ1) is 10.7. The van der Waals surface area contributed by atoms with Crippen LogP contribution in [0.25, 0.3) is 0 Å². The number of hydrogen-bond donors (Lipinski definition) is 0.